The van der Waals surface area contributed by atoms with Gasteiger partial charge in [0.15, 0.2) is 11.6 Å². The Morgan fingerprint density at radius 3 is 1.79 bits per heavy atom. The van der Waals surface area contributed by atoms with Crippen LogP contribution >= 0.6 is 0 Å². The first-order chi connectivity index (χ1) is 6.37. The monoisotopic (exact) mass is 194 g/mol. The van der Waals surface area contributed by atoms with Gasteiger partial charge in [-0.15, -0.1) is 0 Å². The van der Waals surface area contributed by atoms with Crippen LogP contribution in [0.5, 0.6) is 0 Å². The number of hydrogen-bond donors (Lipinski definition) is 1. The Morgan fingerprint density at radius 1 is 0.929 bits per heavy atom. The van der Waals surface area contributed by atoms with Crippen LogP contribution in [0.3, 0.4) is 0 Å². The highest BCUT2D eigenvalue weighted by Gasteiger charge is 2.29. The molecule has 1 atom stereocenters. The lowest BCUT2D eigenvalue weighted by molar-refractivity contribution is -0.117. The minimum atomic E-state index is -0.880. The minimum Gasteiger partial charge on any atom is -0.389 e. The van der Waals surface area contributed by atoms with Gasteiger partial charge < -0.3 is 5.11 Å². The molecule has 0 radical (unpaired) electrons. The second kappa shape index (κ2) is 3.50. The molecule has 0 aromatic rings. The lowest BCUT2D eigenvalue weighted by Crippen LogP contribution is -2.26. The van der Waals surface area contributed by atoms with Crippen molar-refractivity contribution >= 4 is 11.6 Å². The zero-order chi connectivity index (χ0) is 11.0. The van der Waals surface area contributed by atoms with Gasteiger partial charge in [0.05, 0.1) is 6.10 Å². The molecule has 0 fully saturated rings. The summed E-state index contributed by atoms with van der Waals surface area (Å²) >= 11 is 0. The maximum Gasteiger partial charge on any atom is 0.188 e. The molecule has 0 aliphatic heterocycles. The van der Waals surface area contributed by atoms with E-state index in [2.05, 4.69) is 0 Å². The SMILES string of the molecule is CC1=C(C)C(=O)C(C(C)O)=C(C)C1=O. The molecule has 1 aliphatic carbocycles. The minimum absolute atomic E-state index is 0.141. The average Bonchev–Trinajstić information content (AvgIpc) is 2.11. The molecule has 3 nitrogen and oxygen atoms in total. The van der Waals surface area contributed by atoms with Crippen molar-refractivity contribution in [2.24, 2.45) is 0 Å². The normalized spacial score (nSPS) is 20.6. The van der Waals surface area contributed by atoms with E-state index in [4.69, 9.17) is 0 Å². The molecule has 0 aromatic heterocycles. The van der Waals surface area contributed by atoms with Gasteiger partial charge in [-0.1, -0.05) is 0 Å². The lowest BCUT2D eigenvalue weighted by atomic mass is 9.84. The fraction of sp³-hybridized carbons (Fsp3) is 0.455. The van der Waals surface area contributed by atoms with E-state index >= 15 is 0 Å². The molecule has 3 heteroatoms. The van der Waals surface area contributed by atoms with Crippen molar-refractivity contribution in [2.75, 3.05) is 0 Å². The molecule has 1 aliphatic rings. The molecule has 1 rings (SSSR count). The van der Waals surface area contributed by atoms with Crippen LogP contribution in [-0.4, -0.2) is 22.8 Å². The van der Waals surface area contributed by atoms with Crippen molar-refractivity contribution in [3.63, 3.8) is 0 Å². The average molecular weight is 194 g/mol. The highest BCUT2D eigenvalue weighted by atomic mass is 16.3. The fourth-order valence-corrected chi connectivity index (χ4v) is 1.62. The maximum atomic E-state index is 11.7. The Morgan fingerprint density at radius 2 is 1.36 bits per heavy atom. The summed E-state index contributed by atoms with van der Waals surface area (Å²) in [5, 5.41) is 9.39. The number of Topliss-reactive ketones (excluding diaryl/α,β-unsaturated/α-hetero) is 2. The Kier molecular flexibility index (Phi) is 2.71. The molecule has 0 bridgehead atoms. The highest BCUT2D eigenvalue weighted by Crippen LogP contribution is 2.25. The molecule has 1 N–H and O–H groups in total. The number of aliphatic hydroxyl groups excluding tert-OH is 1. The number of hydrogen-bond acceptors (Lipinski definition) is 3. The number of carbonyl (C=O) groups is 2. The van der Waals surface area contributed by atoms with Crippen molar-refractivity contribution in [1.82, 2.24) is 0 Å². The van der Waals surface area contributed by atoms with Gasteiger partial charge in [-0.2, -0.15) is 0 Å². The third-order valence-electron chi connectivity index (χ3n) is 2.65. The predicted molar refractivity (Wildman–Crippen MR) is 52.8 cm³/mol. The summed E-state index contributed by atoms with van der Waals surface area (Å²) in [6.45, 7) is 6.33. The van der Waals surface area contributed by atoms with Crippen LogP contribution in [0.15, 0.2) is 22.3 Å². The summed E-state index contributed by atoms with van der Waals surface area (Å²) < 4.78 is 0. The molecular formula is C11H14O3. The molecule has 0 saturated heterocycles. The largest absolute Gasteiger partial charge is 0.389 e. The van der Waals surface area contributed by atoms with Crippen LogP contribution in [0, 0.1) is 0 Å². The molecule has 14 heavy (non-hydrogen) atoms. The molecule has 0 spiro atoms. The number of carbonyl (C=O) groups excluding carboxylic acids is 2. The van der Waals surface area contributed by atoms with Gasteiger partial charge in [0.1, 0.15) is 0 Å². The molecule has 0 saturated carbocycles. The van der Waals surface area contributed by atoms with Crippen molar-refractivity contribution < 1.29 is 14.7 Å². The first-order valence-electron chi connectivity index (χ1n) is 4.53. The molecular weight excluding hydrogens is 180 g/mol. The maximum absolute atomic E-state index is 11.7. The molecule has 1 unspecified atom stereocenters. The van der Waals surface area contributed by atoms with Crippen LogP contribution in [-0.2, 0) is 9.59 Å². The molecule has 0 heterocycles. The van der Waals surface area contributed by atoms with Crippen LogP contribution in [0.25, 0.3) is 0 Å². The fourth-order valence-electron chi connectivity index (χ4n) is 1.62. The van der Waals surface area contributed by atoms with Gasteiger partial charge in [-0.25, -0.2) is 0 Å². The summed E-state index contributed by atoms with van der Waals surface area (Å²) in [6, 6.07) is 0. The Bertz CT molecular complexity index is 370. The van der Waals surface area contributed by atoms with Gasteiger partial charge in [0.2, 0.25) is 0 Å². The second-order valence-corrected chi connectivity index (χ2v) is 3.62. The van der Waals surface area contributed by atoms with Gasteiger partial charge in [-0.3, -0.25) is 9.59 Å². The van der Waals surface area contributed by atoms with Gasteiger partial charge >= 0.3 is 0 Å². The summed E-state index contributed by atoms with van der Waals surface area (Å²) in [4.78, 5) is 23.3. The van der Waals surface area contributed by atoms with Gasteiger partial charge in [0.25, 0.3) is 0 Å². The zero-order valence-electron chi connectivity index (χ0n) is 8.84. The van der Waals surface area contributed by atoms with Crippen LogP contribution < -0.4 is 0 Å². The topological polar surface area (TPSA) is 54.4 Å². The number of ketones is 2. The smallest absolute Gasteiger partial charge is 0.188 e. The first kappa shape index (κ1) is 10.9. The lowest BCUT2D eigenvalue weighted by Gasteiger charge is -2.20. The summed E-state index contributed by atoms with van der Waals surface area (Å²) in [5.41, 5.74) is 1.53. The zero-order valence-corrected chi connectivity index (χ0v) is 8.84. The van der Waals surface area contributed by atoms with Gasteiger partial charge in [0, 0.05) is 22.3 Å². The Hall–Kier alpha value is -1.22. The summed E-state index contributed by atoms with van der Waals surface area (Å²) in [5.74, 6) is -0.354. The van der Waals surface area contributed by atoms with E-state index in [9.17, 15) is 14.7 Å². The van der Waals surface area contributed by atoms with Gasteiger partial charge in [-0.05, 0) is 27.7 Å². The van der Waals surface area contributed by atoms with E-state index in [1.54, 1.807) is 20.8 Å². The number of allylic oxidation sites excluding steroid dienone is 3. The van der Waals surface area contributed by atoms with E-state index in [1.165, 1.54) is 6.92 Å². The van der Waals surface area contributed by atoms with E-state index < -0.39 is 6.10 Å². The summed E-state index contributed by atoms with van der Waals surface area (Å²) in [6.07, 6.45) is -0.880. The third-order valence-corrected chi connectivity index (χ3v) is 2.65. The van der Waals surface area contributed by atoms with Crippen LogP contribution in [0.1, 0.15) is 27.7 Å². The van der Waals surface area contributed by atoms with Crippen molar-refractivity contribution in [3.05, 3.63) is 22.3 Å². The van der Waals surface area contributed by atoms with E-state index in [0.717, 1.165) is 0 Å². The highest BCUT2D eigenvalue weighted by molar-refractivity contribution is 6.24. The van der Waals surface area contributed by atoms with Crippen LogP contribution in [0.2, 0.25) is 0 Å². The van der Waals surface area contributed by atoms with Crippen molar-refractivity contribution in [2.45, 2.75) is 33.8 Å². The molecule has 76 valence electrons. The number of aliphatic hydroxyl groups is 1. The Labute approximate surface area is 83.1 Å². The first-order valence-corrected chi connectivity index (χ1v) is 4.53. The summed E-state index contributed by atoms with van der Waals surface area (Å²) in [7, 11) is 0. The van der Waals surface area contributed by atoms with E-state index in [-0.39, 0.29) is 17.1 Å². The van der Waals surface area contributed by atoms with Crippen molar-refractivity contribution in [1.29, 1.82) is 0 Å². The van der Waals surface area contributed by atoms with E-state index in [1.807, 2.05) is 0 Å². The Balaban J connectivity index is 3.34. The van der Waals surface area contributed by atoms with Crippen molar-refractivity contribution in [3.8, 4) is 0 Å². The van der Waals surface area contributed by atoms with E-state index in [0.29, 0.717) is 16.7 Å². The molecule has 0 amide bonds. The van der Waals surface area contributed by atoms with Crippen LogP contribution in [0.4, 0.5) is 0 Å². The second-order valence-electron chi connectivity index (χ2n) is 3.62. The standard InChI is InChI=1S/C11H14O3/c1-5-6(2)11(14)9(8(4)12)7(3)10(5)13/h8,12H,1-4H3. The number of rotatable bonds is 1. The quantitative estimate of drug-likeness (QED) is 0.637. The predicted octanol–water partition coefficient (Wildman–Crippen LogP) is 1.17. The third kappa shape index (κ3) is 1.44. The molecule has 0 aromatic carbocycles.